The van der Waals surface area contributed by atoms with Crippen LogP contribution >= 0.6 is 35.0 Å². The largest absolute Gasteiger partial charge is 0.493 e. The fourth-order valence-corrected chi connectivity index (χ4v) is 4.53. The number of ether oxygens (including phenoxy) is 3. The molecule has 9 nitrogen and oxygen atoms in total. The van der Waals surface area contributed by atoms with Crippen molar-refractivity contribution < 1.29 is 19.0 Å². The van der Waals surface area contributed by atoms with E-state index < -0.39 is 0 Å². The van der Waals surface area contributed by atoms with E-state index in [9.17, 15) is 4.79 Å². The van der Waals surface area contributed by atoms with Crippen molar-refractivity contribution in [1.82, 2.24) is 20.2 Å². The lowest BCUT2D eigenvalue weighted by Crippen LogP contribution is -2.20. The van der Waals surface area contributed by atoms with Gasteiger partial charge in [0, 0.05) is 26.9 Å². The molecule has 196 valence electrons. The van der Waals surface area contributed by atoms with Crippen LogP contribution in [0.3, 0.4) is 0 Å². The Morgan fingerprint density at radius 1 is 0.921 bits per heavy atom. The van der Waals surface area contributed by atoms with Gasteiger partial charge in [0.05, 0.1) is 33.3 Å². The predicted molar refractivity (Wildman–Crippen MR) is 149 cm³/mol. The van der Waals surface area contributed by atoms with E-state index in [0.29, 0.717) is 43.8 Å². The summed E-state index contributed by atoms with van der Waals surface area (Å²) in [5.41, 5.74) is 4.75. The normalized spacial score (nSPS) is 11.0. The van der Waals surface area contributed by atoms with E-state index in [1.807, 2.05) is 28.8 Å². The minimum Gasteiger partial charge on any atom is -0.493 e. The summed E-state index contributed by atoms with van der Waals surface area (Å²) in [5.74, 6) is 1.70. The van der Waals surface area contributed by atoms with Gasteiger partial charge in [0.1, 0.15) is 0 Å². The van der Waals surface area contributed by atoms with Gasteiger partial charge in [-0.3, -0.25) is 9.36 Å². The molecule has 0 bridgehead atoms. The molecule has 0 atom stereocenters. The molecular formula is C26H23Cl2N5O4S. The zero-order valence-electron chi connectivity index (χ0n) is 20.6. The number of carbonyl (C=O) groups is 1. The van der Waals surface area contributed by atoms with Gasteiger partial charge in [-0.15, -0.1) is 10.2 Å². The second-order valence-electron chi connectivity index (χ2n) is 7.63. The van der Waals surface area contributed by atoms with Gasteiger partial charge in [0.25, 0.3) is 5.91 Å². The fraction of sp³-hybridized carbons (Fsp3) is 0.154. The second kappa shape index (κ2) is 12.7. The lowest BCUT2D eigenvalue weighted by atomic mass is 10.2. The van der Waals surface area contributed by atoms with Crippen LogP contribution in [0, 0.1) is 0 Å². The minimum atomic E-state index is -0.329. The first-order valence-electron chi connectivity index (χ1n) is 11.2. The van der Waals surface area contributed by atoms with Crippen LogP contribution in [0.4, 0.5) is 0 Å². The summed E-state index contributed by atoms with van der Waals surface area (Å²) >= 11 is 13.4. The van der Waals surface area contributed by atoms with Gasteiger partial charge in [-0.25, -0.2) is 5.43 Å². The van der Waals surface area contributed by atoms with Crippen LogP contribution in [0.5, 0.6) is 17.2 Å². The lowest BCUT2D eigenvalue weighted by Gasteiger charge is -2.13. The zero-order valence-corrected chi connectivity index (χ0v) is 23.0. The highest BCUT2D eigenvalue weighted by atomic mass is 35.5. The molecule has 1 heterocycles. The number of carbonyl (C=O) groups excluding carboxylic acids is 1. The number of thioether (sulfide) groups is 1. The Balaban J connectivity index is 1.50. The first kappa shape index (κ1) is 27.3. The second-order valence-corrected chi connectivity index (χ2v) is 9.45. The van der Waals surface area contributed by atoms with E-state index in [2.05, 4.69) is 20.7 Å². The van der Waals surface area contributed by atoms with E-state index in [1.165, 1.54) is 39.3 Å². The molecular weight excluding hydrogens is 549 g/mol. The Kier molecular flexibility index (Phi) is 9.11. The van der Waals surface area contributed by atoms with Crippen LogP contribution in [0.15, 0.2) is 70.9 Å². The van der Waals surface area contributed by atoms with Crippen LogP contribution in [0.1, 0.15) is 5.56 Å². The highest BCUT2D eigenvalue weighted by Gasteiger charge is 2.18. The topological polar surface area (TPSA) is 99.9 Å². The maximum atomic E-state index is 12.6. The van der Waals surface area contributed by atoms with Crippen LogP contribution < -0.4 is 19.6 Å². The third-order valence-corrected chi connectivity index (χ3v) is 6.71. The minimum absolute atomic E-state index is 0.0484. The average molecular weight is 572 g/mol. The SMILES string of the molecule is COc1ccc(/C=N\NC(=O)CSc2nnc(-c3ccc(Cl)cc3)n2-c2ccc(Cl)cc2)c(OC)c1OC. The Labute approximate surface area is 233 Å². The van der Waals surface area contributed by atoms with Crippen molar-refractivity contribution in [2.24, 2.45) is 5.10 Å². The summed E-state index contributed by atoms with van der Waals surface area (Å²) < 4.78 is 18.0. The van der Waals surface area contributed by atoms with Crippen molar-refractivity contribution in [3.63, 3.8) is 0 Å². The number of hydrogen-bond acceptors (Lipinski definition) is 8. The Hall–Kier alpha value is -3.73. The van der Waals surface area contributed by atoms with E-state index in [1.54, 1.807) is 36.4 Å². The van der Waals surface area contributed by atoms with Crippen molar-refractivity contribution in [2.75, 3.05) is 27.1 Å². The van der Waals surface area contributed by atoms with Crippen molar-refractivity contribution >= 4 is 47.1 Å². The molecule has 0 aliphatic heterocycles. The van der Waals surface area contributed by atoms with Crippen LogP contribution in [-0.4, -0.2) is 54.0 Å². The molecule has 4 rings (SSSR count). The molecule has 1 aromatic heterocycles. The zero-order chi connectivity index (χ0) is 27.1. The molecule has 0 fully saturated rings. The molecule has 3 aromatic carbocycles. The van der Waals surface area contributed by atoms with Gasteiger partial charge in [-0.2, -0.15) is 5.10 Å². The van der Waals surface area contributed by atoms with Gasteiger partial charge >= 0.3 is 0 Å². The van der Waals surface area contributed by atoms with Gasteiger partial charge in [0.15, 0.2) is 22.5 Å². The standard InChI is InChI=1S/C26H23Cl2N5O4S/c1-35-21-13-6-17(23(36-2)24(21)37-3)14-29-30-22(34)15-38-26-32-31-25(16-4-7-18(27)8-5-16)33(26)20-11-9-19(28)10-12-20/h4-14H,15H2,1-3H3,(H,30,34)/b29-14-. The Morgan fingerprint density at radius 2 is 1.58 bits per heavy atom. The highest BCUT2D eigenvalue weighted by molar-refractivity contribution is 7.99. The summed E-state index contributed by atoms with van der Waals surface area (Å²) in [7, 11) is 4.57. The van der Waals surface area contributed by atoms with Gasteiger partial charge in [0.2, 0.25) is 5.75 Å². The number of benzene rings is 3. The number of nitrogens with zero attached hydrogens (tertiary/aromatic N) is 4. The summed E-state index contributed by atoms with van der Waals surface area (Å²) in [6, 6.07) is 18.0. The molecule has 0 saturated carbocycles. The van der Waals surface area contributed by atoms with Crippen molar-refractivity contribution in [3.8, 4) is 34.3 Å². The van der Waals surface area contributed by atoms with Crippen LogP contribution in [0.2, 0.25) is 10.0 Å². The van der Waals surface area contributed by atoms with Gasteiger partial charge in [-0.1, -0.05) is 35.0 Å². The summed E-state index contributed by atoms with van der Waals surface area (Å²) in [6.45, 7) is 0. The summed E-state index contributed by atoms with van der Waals surface area (Å²) in [5, 5.41) is 14.5. The van der Waals surface area contributed by atoms with Crippen molar-refractivity contribution in [2.45, 2.75) is 5.16 Å². The molecule has 38 heavy (non-hydrogen) atoms. The number of aromatic nitrogens is 3. The average Bonchev–Trinajstić information content (AvgIpc) is 3.36. The van der Waals surface area contributed by atoms with Crippen LogP contribution in [-0.2, 0) is 4.79 Å². The van der Waals surface area contributed by atoms with E-state index in [-0.39, 0.29) is 11.7 Å². The molecule has 1 N–H and O–H groups in total. The van der Waals surface area contributed by atoms with Gasteiger partial charge < -0.3 is 14.2 Å². The molecule has 1 amide bonds. The third-order valence-electron chi connectivity index (χ3n) is 5.28. The lowest BCUT2D eigenvalue weighted by molar-refractivity contribution is -0.118. The smallest absolute Gasteiger partial charge is 0.250 e. The number of amides is 1. The molecule has 0 spiro atoms. The maximum Gasteiger partial charge on any atom is 0.250 e. The molecule has 0 aliphatic rings. The number of nitrogens with one attached hydrogen (secondary N) is 1. The molecule has 12 heteroatoms. The monoisotopic (exact) mass is 571 g/mol. The molecule has 0 aliphatic carbocycles. The number of hydrogen-bond donors (Lipinski definition) is 1. The van der Waals surface area contributed by atoms with E-state index in [4.69, 9.17) is 37.4 Å². The molecule has 4 aromatic rings. The quantitative estimate of drug-likeness (QED) is 0.152. The summed E-state index contributed by atoms with van der Waals surface area (Å²) in [4.78, 5) is 12.6. The molecule has 0 radical (unpaired) electrons. The van der Waals surface area contributed by atoms with Gasteiger partial charge in [-0.05, 0) is 60.7 Å². The Morgan fingerprint density at radius 3 is 2.21 bits per heavy atom. The molecule has 0 unspecified atom stereocenters. The number of halogens is 2. The first-order chi connectivity index (χ1) is 18.4. The number of hydrazone groups is 1. The summed E-state index contributed by atoms with van der Waals surface area (Å²) in [6.07, 6.45) is 1.47. The number of rotatable bonds is 10. The third kappa shape index (κ3) is 6.21. The number of methoxy groups -OCH3 is 3. The van der Waals surface area contributed by atoms with E-state index >= 15 is 0 Å². The maximum absolute atomic E-state index is 12.6. The van der Waals surface area contributed by atoms with E-state index in [0.717, 1.165) is 11.3 Å². The van der Waals surface area contributed by atoms with Crippen LogP contribution in [0.25, 0.3) is 17.1 Å². The Bertz CT molecular complexity index is 1440. The predicted octanol–water partition coefficient (Wildman–Crippen LogP) is 5.51. The molecule has 0 saturated heterocycles. The first-order valence-corrected chi connectivity index (χ1v) is 12.9. The van der Waals surface area contributed by atoms with Crippen molar-refractivity contribution in [3.05, 3.63) is 76.3 Å². The fourth-order valence-electron chi connectivity index (χ4n) is 3.53. The van der Waals surface area contributed by atoms with Crippen molar-refractivity contribution in [1.29, 1.82) is 0 Å². The highest BCUT2D eigenvalue weighted by Crippen LogP contribution is 2.39.